The topological polar surface area (TPSA) is 120 Å². The van der Waals surface area contributed by atoms with E-state index in [4.69, 9.17) is 4.74 Å². The van der Waals surface area contributed by atoms with E-state index in [0.717, 1.165) is 28.0 Å². The molecule has 0 heterocycles. The van der Waals surface area contributed by atoms with Gasteiger partial charge in [-0.15, -0.1) is 0 Å². The number of benzene rings is 4. The molecule has 33 heavy (non-hydrogen) atoms. The van der Waals surface area contributed by atoms with Crippen LogP contribution in [-0.4, -0.2) is 16.1 Å². The molecule has 0 amide bonds. The van der Waals surface area contributed by atoms with Crippen LogP contribution in [0, 0.1) is 20.2 Å². The average Bonchev–Trinajstić information content (AvgIpc) is 2.83. The lowest BCUT2D eigenvalue weighted by molar-refractivity contribution is -0.393. The number of anilines is 1. The predicted octanol–water partition coefficient (Wildman–Crippen LogP) is 5.68. The summed E-state index contributed by atoms with van der Waals surface area (Å²) in [5.41, 5.74) is 3.65. The zero-order chi connectivity index (χ0) is 23.2. The normalized spacial score (nSPS) is 10.9. The minimum Gasteiger partial charge on any atom is -0.489 e. The minimum absolute atomic E-state index is 0.0527. The van der Waals surface area contributed by atoms with E-state index in [1.807, 2.05) is 24.3 Å². The summed E-state index contributed by atoms with van der Waals surface area (Å²) in [5.74, 6) is 0.694. The second kappa shape index (κ2) is 9.56. The molecule has 164 valence electrons. The fraction of sp³-hybridized carbons (Fsp3) is 0.0417. The van der Waals surface area contributed by atoms with E-state index in [9.17, 15) is 20.2 Å². The highest BCUT2D eigenvalue weighted by molar-refractivity contribution is 5.85. The maximum atomic E-state index is 11.2. The van der Waals surface area contributed by atoms with Crippen molar-refractivity contribution in [3.8, 4) is 5.75 Å². The second-order valence-electron chi connectivity index (χ2n) is 7.08. The number of hydrazone groups is 1. The molecule has 4 aromatic rings. The highest BCUT2D eigenvalue weighted by Crippen LogP contribution is 2.29. The molecular weight excluding hydrogens is 424 g/mol. The molecule has 0 unspecified atom stereocenters. The predicted molar refractivity (Wildman–Crippen MR) is 126 cm³/mol. The number of rotatable bonds is 8. The van der Waals surface area contributed by atoms with Crippen LogP contribution in [0.2, 0.25) is 0 Å². The van der Waals surface area contributed by atoms with E-state index in [0.29, 0.717) is 12.4 Å². The Labute approximate surface area is 188 Å². The lowest BCUT2D eigenvalue weighted by Crippen LogP contribution is -1.99. The number of nitrogens with zero attached hydrogens (tertiary/aromatic N) is 3. The van der Waals surface area contributed by atoms with Crippen LogP contribution >= 0.6 is 0 Å². The van der Waals surface area contributed by atoms with Gasteiger partial charge in [0.05, 0.1) is 22.1 Å². The van der Waals surface area contributed by atoms with Crippen LogP contribution in [0.25, 0.3) is 10.8 Å². The van der Waals surface area contributed by atoms with E-state index in [2.05, 4.69) is 28.7 Å². The molecule has 1 N–H and O–H groups in total. The van der Waals surface area contributed by atoms with Crippen molar-refractivity contribution in [3.05, 3.63) is 116 Å². The summed E-state index contributed by atoms with van der Waals surface area (Å²) in [6, 6.07) is 24.7. The molecule has 0 aliphatic heterocycles. The van der Waals surface area contributed by atoms with Gasteiger partial charge in [0.1, 0.15) is 18.0 Å². The van der Waals surface area contributed by atoms with Crippen LogP contribution in [0.15, 0.2) is 90.0 Å². The van der Waals surface area contributed by atoms with Crippen molar-refractivity contribution in [2.24, 2.45) is 5.10 Å². The zero-order valence-electron chi connectivity index (χ0n) is 17.3. The number of nitro groups is 2. The number of hydrogen-bond donors (Lipinski definition) is 1. The Morgan fingerprint density at radius 1 is 0.879 bits per heavy atom. The molecule has 4 rings (SSSR count). The van der Waals surface area contributed by atoms with Crippen LogP contribution in [0.1, 0.15) is 11.1 Å². The average molecular weight is 442 g/mol. The first-order valence-corrected chi connectivity index (χ1v) is 9.93. The van der Waals surface area contributed by atoms with E-state index in [1.165, 1.54) is 18.3 Å². The van der Waals surface area contributed by atoms with Crippen LogP contribution in [0.3, 0.4) is 0 Å². The Balaban J connectivity index is 1.40. The summed E-state index contributed by atoms with van der Waals surface area (Å²) in [6.07, 6.45) is 1.49. The highest BCUT2D eigenvalue weighted by Gasteiger charge is 2.19. The summed E-state index contributed by atoms with van der Waals surface area (Å²) in [4.78, 5) is 20.6. The Morgan fingerprint density at radius 3 is 2.39 bits per heavy atom. The first-order valence-electron chi connectivity index (χ1n) is 9.93. The van der Waals surface area contributed by atoms with Crippen molar-refractivity contribution in [2.75, 3.05) is 5.43 Å². The molecule has 0 fully saturated rings. The molecule has 0 aromatic heterocycles. The first kappa shape index (κ1) is 21.4. The van der Waals surface area contributed by atoms with Crippen LogP contribution in [-0.2, 0) is 6.61 Å². The second-order valence-corrected chi connectivity index (χ2v) is 7.08. The smallest absolute Gasteiger partial charge is 0.301 e. The fourth-order valence-corrected chi connectivity index (χ4v) is 3.29. The van der Waals surface area contributed by atoms with Gasteiger partial charge in [0.2, 0.25) is 0 Å². The molecular formula is C24H18N4O5. The summed E-state index contributed by atoms with van der Waals surface area (Å²) in [6.45, 7) is 0.431. The Morgan fingerprint density at radius 2 is 1.64 bits per heavy atom. The van der Waals surface area contributed by atoms with Crippen molar-refractivity contribution in [2.45, 2.75) is 6.61 Å². The fourth-order valence-electron chi connectivity index (χ4n) is 3.29. The van der Waals surface area contributed by atoms with Crippen LogP contribution in [0.5, 0.6) is 5.75 Å². The summed E-state index contributed by atoms with van der Waals surface area (Å²) in [5, 5.41) is 28.3. The van der Waals surface area contributed by atoms with Crippen LogP contribution < -0.4 is 10.2 Å². The molecule has 4 aromatic carbocycles. The largest absolute Gasteiger partial charge is 0.489 e. The third-order valence-corrected chi connectivity index (χ3v) is 4.94. The standard InChI is InChI=1S/C24H18N4O5/c29-27(30)20-10-13-23(24(14-20)28(31)32)26-25-15-17-8-11-21(12-9-17)33-16-19-6-3-5-18-4-1-2-7-22(18)19/h1-15,26H,16H2/b25-15-. The first-order chi connectivity index (χ1) is 16.0. The maximum Gasteiger partial charge on any atom is 0.301 e. The van der Waals surface area contributed by atoms with E-state index < -0.39 is 15.5 Å². The lowest BCUT2D eigenvalue weighted by atomic mass is 10.1. The van der Waals surface area contributed by atoms with Crippen molar-refractivity contribution in [1.29, 1.82) is 0 Å². The molecule has 9 nitrogen and oxygen atoms in total. The molecule has 0 atom stereocenters. The van der Waals surface area contributed by atoms with Gasteiger partial charge in [0.15, 0.2) is 0 Å². The molecule has 0 aliphatic rings. The molecule has 0 aliphatic carbocycles. The number of nitrogens with one attached hydrogen (secondary N) is 1. The van der Waals surface area contributed by atoms with Crippen molar-refractivity contribution in [1.82, 2.24) is 0 Å². The summed E-state index contributed by atoms with van der Waals surface area (Å²) in [7, 11) is 0. The van der Waals surface area contributed by atoms with Crippen molar-refractivity contribution in [3.63, 3.8) is 0 Å². The SMILES string of the molecule is O=[N+]([O-])c1ccc(N/N=C\c2ccc(OCc3cccc4ccccc34)cc2)c([N+](=O)[O-])c1. The Hall–Kier alpha value is -4.79. The molecule has 0 saturated heterocycles. The van der Waals surface area contributed by atoms with Gasteiger partial charge in [0, 0.05) is 6.07 Å². The van der Waals surface area contributed by atoms with Gasteiger partial charge in [-0.2, -0.15) is 5.10 Å². The molecule has 0 spiro atoms. The van der Waals surface area contributed by atoms with Gasteiger partial charge in [-0.3, -0.25) is 25.7 Å². The van der Waals surface area contributed by atoms with Gasteiger partial charge >= 0.3 is 5.69 Å². The maximum absolute atomic E-state index is 11.2. The minimum atomic E-state index is -0.701. The third kappa shape index (κ3) is 5.10. The van der Waals surface area contributed by atoms with Crippen molar-refractivity contribution >= 4 is 34.0 Å². The number of nitro benzene ring substituents is 2. The summed E-state index contributed by atoms with van der Waals surface area (Å²) >= 11 is 0. The number of ether oxygens (including phenoxy) is 1. The van der Waals surface area contributed by atoms with Crippen LogP contribution in [0.4, 0.5) is 17.1 Å². The molecule has 0 bridgehead atoms. The summed E-state index contributed by atoms with van der Waals surface area (Å²) < 4.78 is 5.91. The van der Waals surface area contributed by atoms with E-state index in [-0.39, 0.29) is 11.4 Å². The quantitative estimate of drug-likeness (QED) is 0.213. The Kier molecular flexibility index (Phi) is 6.21. The molecule has 0 saturated carbocycles. The van der Waals surface area contributed by atoms with Gasteiger partial charge in [-0.25, -0.2) is 0 Å². The lowest BCUT2D eigenvalue weighted by Gasteiger charge is -2.09. The van der Waals surface area contributed by atoms with Crippen molar-refractivity contribution < 1.29 is 14.6 Å². The molecule has 0 radical (unpaired) electrons. The number of non-ortho nitro benzene ring substituents is 1. The third-order valence-electron chi connectivity index (χ3n) is 4.94. The highest BCUT2D eigenvalue weighted by atomic mass is 16.6. The zero-order valence-corrected chi connectivity index (χ0v) is 17.3. The van der Waals surface area contributed by atoms with Gasteiger partial charge in [0.25, 0.3) is 5.69 Å². The number of fused-ring (bicyclic) bond motifs is 1. The Bertz CT molecular complexity index is 1350. The van der Waals surface area contributed by atoms with E-state index in [1.54, 1.807) is 24.3 Å². The molecule has 9 heteroatoms. The van der Waals surface area contributed by atoms with Gasteiger partial charge in [-0.05, 0) is 52.2 Å². The van der Waals surface area contributed by atoms with Gasteiger partial charge in [-0.1, -0.05) is 42.5 Å². The number of hydrogen-bond acceptors (Lipinski definition) is 7. The monoisotopic (exact) mass is 442 g/mol. The van der Waals surface area contributed by atoms with E-state index >= 15 is 0 Å². The van der Waals surface area contributed by atoms with Gasteiger partial charge < -0.3 is 4.74 Å².